The quantitative estimate of drug-likeness (QED) is 0.299. The number of unbranched alkanes of at least 4 members (excludes halogenated alkanes) is 1. The van der Waals surface area contributed by atoms with E-state index in [2.05, 4.69) is 14.8 Å². The minimum atomic E-state index is -0.996. The maximum atomic E-state index is 12.6. The fourth-order valence-electron chi connectivity index (χ4n) is 4.59. The van der Waals surface area contributed by atoms with E-state index in [0.29, 0.717) is 28.5 Å². The molecule has 3 aromatic rings. The predicted molar refractivity (Wildman–Crippen MR) is 141 cm³/mol. The highest BCUT2D eigenvalue weighted by Crippen LogP contribution is 2.17. The van der Waals surface area contributed by atoms with E-state index in [4.69, 9.17) is 11.6 Å². The Bertz CT molecular complexity index is 1280. The molecule has 1 aromatic carbocycles. The number of aliphatic hydroxyl groups excluding tert-OH is 1. The van der Waals surface area contributed by atoms with E-state index in [9.17, 15) is 19.2 Å². The number of aryl methyl sites for hydroxylation is 1. The fraction of sp³-hybridized carbons (Fsp3) is 0.542. The van der Waals surface area contributed by atoms with Crippen molar-refractivity contribution < 1.29 is 9.66 Å². The summed E-state index contributed by atoms with van der Waals surface area (Å²) in [5.41, 5.74) is -0.198. The van der Waals surface area contributed by atoms with Gasteiger partial charge in [0.15, 0.2) is 16.1 Å². The van der Waals surface area contributed by atoms with Gasteiger partial charge in [0.25, 0.3) is 5.56 Å². The van der Waals surface area contributed by atoms with Crippen LogP contribution in [0, 0.1) is 0 Å². The lowest BCUT2D eigenvalue weighted by atomic mass is 10.2. The summed E-state index contributed by atoms with van der Waals surface area (Å²) in [5.74, 6) is 0.647. The van der Waals surface area contributed by atoms with Gasteiger partial charge in [-0.1, -0.05) is 11.6 Å². The maximum absolute atomic E-state index is 12.6. The van der Waals surface area contributed by atoms with Gasteiger partial charge in [-0.05, 0) is 54.8 Å². The van der Waals surface area contributed by atoms with Crippen LogP contribution in [0.3, 0.4) is 0 Å². The molecule has 1 N–H and O–H groups in total. The van der Waals surface area contributed by atoms with E-state index in [1.165, 1.54) is 17.9 Å². The third-order valence-electron chi connectivity index (χ3n) is 6.69. The molecule has 196 valence electrons. The Hall–Kier alpha value is -2.15. The first-order valence-electron chi connectivity index (χ1n) is 12.1. The third kappa shape index (κ3) is 6.21. The van der Waals surface area contributed by atoms with Crippen molar-refractivity contribution in [2.45, 2.75) is 30.4 Å². The third-order valence-corrected chi connectivity index (χ3v) is 8.40. The monoisotopic (exact) mass is 536 g/mol. The molecule has 36 heavy (non-hydrogen) atoms. The summed E-state index contributed by atoms with van der Waals surface area (Å²) in [6.45, 7) is 5.25. The standard InChI is InChI=1S/C24H33ClN6O4S/c1-27-22-21(23(33)28(2)24(27)34)31(17-26-22)16-19(32)15-30-12-10-29(11-13-30)9-3-4-14-36(35)20-7-5-18(25)6-8-20/h5-8,17,19,32H,3-4,9-16H2,1-2H3. The second-order valence-electron chi connectivity index (χ2n) is 9.28. The van der Waals surface area contributed by atoms with E-state index in [1.807, 2.05) is 12.1 Å². The Morgan fingerprint density at radius 2 is 1.69 bits per heavy atom. The maximum Gasteiger partial charge on any atom is 0.332 e. The Morgan fingerprint density at radius 3 is 2.39 bits per heavy atom. The Balaban J connectivity index is 1.19. The molecular weight excluding hydrogens is 504 g/mol. The molecule has 12 heteroatoms. The second-order valence-corrected chi connectivity index (χ2v) is 11.3. The van der Waals surface area contributed by atoms with Crippen molar-refractivity contribution in [1.82, 2.24) is 28.5 Å². The molecule has 0 amide bonds. The van der Waals surface area contributed by atoms with E-state index >= 15 is 0 Å². The summed E-state index contributed by atoms with van der Waals surface area (Å²) in [4.78, 5) is 34.4. The predicted octanol–water partition coefficient (Wildman–Crippen LogP) is 0.654. The molecule has 0 radical (unpaired) electrons. The van der Waals surface area contributed by atoms with E-state index in [-0.39, 0.29) is 6.54 Å². The zero-order valence-electron chi connectivity index (χ0n) is 20.7. The summed E-state index contributed by atoms with van der Waals surface area (Å²) in [6.07, 6.45) is 2.73. The number of benzene rings is 1. The van der Waals surface area contributed by atoms with Crippen LogP contribution in [0.25, 0.3) is 11.2 Å². The SMILES string of the molecule is Cn1c(=O)c2c(ncn2CC(O)CN2CCN(CCCC[S+]([O-])c3ccc(Cl)cc3)CC2)n(C)c1=O. The number of imidazole rings is 1. The van der Waals surface area contributed by atoms with Gasteiger partial charge in [-0.3, -0.25) is 18.8 Å². The Labute approximate surface area is 217 Å². The first-order valence-corrected chi connectivity index (χ1v) is 13.8. The molecule has 2 unspecified atom stereocenters. The highest BCUT2D eigenvalue weighted by atomic mass is 35.5. The zero-order valence-corrected chi connectivity index (χ0v) is 22.2. The molecule has 2 aromatic heterocycles. The van der Waals surface area contributed by atoms with Crippen LogP contribution in [0.4, 0.5) is 0 Å². The molecule has 2 atom stereocenters. The van der Waals surface area contributed by atoms with Crippen LogP contribution in [0.2, 0.25) is 5.02 Å². The molecule has 0 bridgehead atoms. The summed E-state index contributed by atoms with van der Waals surface area (Å²) >= 11 is 4.90. The lowest BCUT2D eigenvalue weighted by Crippen LogP contribution is -2.49. The van der Waals surface area contributed by atoms with Crippen LogP contribution >= 0.6 is 11.6 Å². The van der Waals surface area contributed by atoms with Gasteiger partial charge in [0.05, 0.1) is 19.0 Å². The molecule has 0 aliphatic carbocycles. The number of fused-ring (bicyclic) bond motifs is 1. The smallest absolute Gasteiger partial charge is 0.332 e. The molecule has 4 rings (SSSR count). The van der Waals surface area contributed by atoms with Gasteiger partial charge >= 0.3 is 5.69 Å². The minimum absolute atomic E-state index is 0.231. The second kappa shape index (κ2) is 11.9. The van der Waals surface area contributed by atoms with Crippen molar-refractivity contribution in [3.8, 4) is 0 Å². The molecule has 10 nitrogen and oxygen atoms in total. The van der Waals surface area contributed by atoms with Crippen LogP contribution in [-0.2, 0) is 31.8 Å². The average molecular weight is 537 g/mol. The van der Waals surface area contributed by atoms with Gasteiger partial charge in [-0.2, -0.15) is 0 Å². The first kappa shape index (κ1) is 26.9. The van der Waals surface area contributed by atoms with E-state index in [1.54, 1.807) is 23.7 Å². The lowest BCUT2D eigenvalue weighted by Gasteiger charge is -2.35. The van der Waals surface area contributed by atoms with Gasteiger partial charge in [0.1, 0.15) is 5.75 Å². The molecule has 1 aliphatic rings. The summed E-state index contributed by atoms with van der Waals surface area (Å²) in [7, 11) is 3.02. The van der Waals surface area contributed by atoms with Crippen molar-refractivity contribution in [2.75, 3.05) is 45.0 Å². The molecule has 0 spiro atoms. The van der Waals surface area contributed by atoms with E-state index < -0.39 is 28.5 Å². The van der Waals surface area contributed by atoms with Crippen molar-refractivity contribution in [3.63, 3.8) is 0 Å². The number of rotatable bonds is 10. The van der Waals surface area contributed by atoms with Gasteiger partial charge in [-0.25, -0.2) is 9.78 Å². The van der Waals surface area contributed by atoms with Gasteiger partial charge in [-0.15, -0.1) is 0 Å². The number of aromatic nitrogens is 4. The normalized spacial score (nSPS) is 17.0. The molecule has 3 heterocycles. The van der Waals surface area contributed by atoms with Gasteiger partial charge < -0.3 is 19.1 Å². The summed E-state index contributed by atoms with van der Waals surface area (Å²) in [5, 5.41) is 11.3. The molecule has 1 aliphatic heterocycles. The van der Waals surface area contributed by atoms with Crippen molar-refractivity contribution in [2.24, 2.45) is 14.1 Å². The van der Waals surface area contributed by atoms with Crippen molar-refractivity contribution in [3.05, 3.63) is 56.5 Å². The van der Waals surface area contributed by atoms with Crippen LogP contribution in [0.5, 0.6) is 0 Å². The van der Waals surface area contributed by atoms with E-state index in [0.717, 1.165) is 55.0 Å². The number of aliphatic hydroxyl groups is 1. The number of hydrogen-bond donors (Lipinski definition) is 1. The lowest BCUT2D eigenvalue weighted by molar-refractivity contribution is 0.0646. The number of β-amino-alcohol motifs (C(OH)–C–C–N with tert-alkyl or cyclic N) is 1. The van der Waals surface area contributed by atoms with Crippen molar-refractivity contribution >= 4 is 33.9 Å². The molecule has 1 fully saturated rings. The summed E-state index contributed by atoms with van der Waals surface area (Å²) in [6, 6.07) is 7.19. The highest BCUT2D eigenvalue weighted by molar-refractivity contribution is 7.91. The fourth-order valence-corrected chi connectivity index (χ4v) is 5.85. The minimum Gasteiger partial charge on any atom is -0.611 e. The number of piperazine rings is 1. The number of hydrogen-bond acceptors (Lipinski definition) is 7. The zero-order chi connectivity index (χ0) is 25.8. The van der Waals surface area contributed by atoms with Crippen molar-refractivity contribution in [1.29, 1.82) is 0 Å². The molecule has 1 saturated heterocycles. The first-order chi connectivity index (χ1) is 17.2. The van der Waals surface area contributed by atoms with Gasteiger partial charge in [0.2, 0.25) is 0 Å². The van der Waals surface area contributed by atoms with Crippen LogP contribution in [-0.4, -0.2) is 89.3 Å². The topological polar surface area (TPSA) is 112 Å². The van der Waals surface area contributed by atoms with Crippen LogP contribution in [0.15, 0.2) is 45.1 Å². The number of nitrogens with zero attached hydrogens (tertiary/aromatic N) is 6. The Morgan fingerprint density at radius 1 is 1.03 bits per heavy atom. The molecular formula is C24H33ClN6O4S. The highest BCUT2D eigenvalue weighted by Gasteiger charge is 2.21. The largest absolute Gasteiger partial charge is 0.611 e. The number of halogens is 1. The Kier molecular flexibility index (Phi) is 8.91. The molecule has 0 saturated carbocycles. The van der Waals surface area contributed by atoms with Gasteiger partial charge in [0, 0.05) is 51.8 Å². The van der Waals surface area contributed by atoms with Crippen LogP contribution in [0.1, 0.15) is 12.8 Å². The summed E-state index contributed by atoms with van der Waals surface area (Å²) < 4.78 is 16.4. The average Bonchev–Trinajstić information content (AvgIpc) is 3.28. The van der Waals surface area contributed by atoms with Crippen LogP contribution < -0.4 is 11.2 Å².